The largest absolute Gasteiger partial charge is 0.345 e. The van der Waals surface area contributed by atoms with Crippen LogP contribution in [0.2, 0.25) is 5.02 Å². The lowest BCUT2D eigenvalue weighted by Crippen LogP contribution is -2.26. The third-order valence-corrected chi connectivity index (χ3v) is 6.42. The summed E-state index contributed by atoms with van der Waals surface area (Å²) in [5.41, 5.74) is 1.52. The Balaban J connectivity index is 1.40. The molecule has 30 heavy (non-hydrogen) atoms. The molecular formula is C20H20ClN5O3S. The molecule has 10 heteroatoms. The van der Waals surface area contributed by atoms with Crippen LogP contribution in [0, 0.1) is 6.92 Å². The van der Waals surface area contributed by atoms with Gasteiger partial charge in [0.2, 0.25) is 15.8 Å². The third kappa shape index (κ3) is 4.69. The zero-order valence-corrected chi connectivity index (χ0v) is 17.7. The predicted octanol–water partition coefficient (Wildman–Crippen LogP) is 2.60. The van der Waals surface area contributed by atoms with Crippen LogP contribution in [0.3, 0.4) is 0 Å². The summed E-state index contributed by atoms with van der Waals surface area (Å²) in [5, 5.41) is 7.63. The maximum Gasteiger partial charge on any atom is 0.291 e. The normalized spacial score (nSPS) is 13.9. The van der Waals surface area contributed by atoms with E-state index in [0.29, 0.717) is 10.8 Å². The Morgan fingerprint density at radius 3 is 2.43 bits per heavy atom. The van der Waals surface area contributed by atoms with E-state index in [4.69, 9.17) is 11.6 Å². The minimum absolute atomic E-state index is 0.0512. The number of hydrogen-bond acceptors (Lipinski definition) is 5. The lowest BCUT2D eigenvalue weighted by atomic mass is 10.2. The fourth-order valence-corrected chi connectivity index (χ4v) is 4.28. The van der Waals surface area contributed by atoms with Crippen LogP contribution in [0.5, 0.6) is 0 Å². The number of carbonyl (C=O) groups is 1. The first-order valence-electron chi connectivity index (χ1n) is 9.41. The molecule has 4 rings (SSSR count). The topological polar surface area (TPSA) is 106 Å². The van der Waals surface area contributed by atoms with Crippen molar-refractivity contribution in [1.82, 2.24) is 24.8 Å². The Kier molecular flexibility index (Phi) is 5.59. The number of nitrogens with zero attached hydrogens (tertiary/aromatic N) is 3. The molecule has 8 nitrogen and oxygen atoms in total. The highest BCUT2D eigenvalue weighted by Gasteiger charge is 2.27. The fraction of sp³-hybridized carbons (Fsp3) is 0.250. The van der Waals surface area contributed by atoms with Crippen molar-refractivity contribution in [1.29, 1.82) is 0 Å². The van der Waals surface area contributed by atoms with Crippen molar-refractivity contribution in [2.45, 2.75) is 37.2 Å². The summed E-state index contributed by atoms with van der Waals surface area (Å²) in [4.78, 5) is 16.9. The Morgan fingerprint density at radius 1 is 1.13 bits per heavy atom. The second kappa shape index (κ2) is 8.17. The summed E-state index contributed by atoms with van der Waals surface area (Å²) in [6.45, 7) is 1.98. The van der Waals surface area contributed by atoms with Crippen molar-refractivity contribution in [3.05, 3.63) is 70.8 Å². The summed E-state index contributed by atoms with van der Waals surface area (Å²) in [5.74, 6) is 0.202. The lowest BCUT2D eigenvalue weighted by molar-refractivity contribution is 0.0940. The Bertz CT molecular complexity index is 1170. The van der Waals surface area contributed by atoms with Crippen molar-refractivity contribution in [3.63, 3.8) is 0 Å². The highest BCUT2D eigenvalue weighted by Crippen LogP contribution is 2.22. The van der Waals surface area contributed by atoms with Crippen LogP contribution >= 0.6 is 11.6 Å². The van der Waals surface area contributed by atoms with Gasteiger partial charge in [0.1, 0.15) is 5.82 Å². The maximum absolute atomic E-state index is 12.4. The van der Waals surface area contributed by atoms with Crippen molar-refractivity contribution >= 4 is 27.5 Å². The van der Waals surface area contributed by atoms with Crippen molar-refractivity contribution < 1.29 is 13.2 Å². The van der Waals surface area contributed by atoms with Gasteiger partial charge in [0.05, 0.1) is 10.6 Å². The zero-order valence-electron chi connectivity index (χ0n) is 16.2. The zero-order chi connectivity index (χ0) is 21.3. The second-order valence-corrected chi connectivity index (χ2v) is 9.24. The Labute approximate surface area is 179 Å². The number of carbonyl (C=O) groups excluding carboxylic acids is 1. The molecule has 0 unspecified atom stereocenters. The number of amides is 1. The first kappa shape index (κ1) is 20.5. The van der Waals surface area contributed by atoms with Crippen LogP contribution in [-0.2, 0) is 16.6 Å². The number of benzene rings is 2. The van der Waals surface area contributed by atoms with Crippen LogP contribution in [-0.4, -0.2) is 35.1 Å². The van der Waals surface area contributed by atoms with Gasteiger partial charge in [-0.2, -0.15) is 0 Å². The predicted molar refractivity (Wildman–Crippen MR) is 112 cm³/mol. The number of aromatic nitrogens is 3. The SMILES string of the molecule is Cc1nc(C(=O)NCc2ccc(S(=O)(=O)NC3CC3)cc2)nn1-c1ccc(Cl)cc1. The molecular weight excluding hydrogens is 426 g/mol. The highest BCUT2D eigenvalue weighted by atomic mass is 35.5. The van der Waals surface area contributed by atoms with E-state index in [1.807, 2.05) is 0 Å². The summed E-state index contributed by atoms with van der Waals surface area (Å²) in [6.07, 6.45) is 1.76. The van der Waals surface area contributed by atoms with Crippen LogP contribution in [0.1, 0.15) is 34.8 Å². The molecule has 2 aromatic carbocycles. The van der Waals surface area contributed by atoms with Crippen LogP contribution < -0.4 is 10.0 Å². The van der Waals surface area contributed by atoms with E-state index < -0.39 is 15.9 Å². The van der Waals surface area contributed by atoms with E-state index in [-0.39, 0.29) is 23.3 Å². The van der Waals surface area contributed by atoms with Crippen molar-refractivity contribution in [2.75, 3.05) is 0 Å². The molecule has 1 heterocycles. The molecule has 0 aliphatic heterocycles. The van der Waals surface area contributed by atoms with Gasteiger partial charge in [-0.25, -0.2) is 22.8 Å². The number of hydrogen-bond donors (Lipinski definition) is 2. The summed E-state index contributed by atoms with van der Waals surface area (Å²) in [7, 11) is -3.49. The molecule has 0 spiro atoms. The molecule has 1 aliphatic carbocycles. The van der Waals surface area contributed by atoms with E-state index >= 15 is 0 Å². The van der Waals surface area contributed by atoms with Crippen LogP contribution in [0.25, 0.3) is 5.69 Å². The van der Waals surface area contributed by atoms with Gasteiger partial charge in [0.15, 0.2) is 0 Å². The quantitative estimate of drug-likeness (QED) is 0.581. The second-order valence-electron chi connectivity index (χ2n) is 7.09. The van der Waals surface area contributed by atoms with Crippen LogP contribution in [0.4, 0.5) is 0 Å². The molecule has 1 aromatic heterocycles. The number of nitrogens with one attached hydrogen (secondary N) is 2. The molecule has 0 atom stereocenters. The van der Waals surface area contributed by atoms with E-state index in [9.17, 15) is 13.2 Å². The van der Waals surface area contributed by atoms with Gasteiger partial charge in [-0.15, -0.1) is 5.10 Å². The standard InChI is InChI=1S/C20H20ClN5O3S/c1-13-23-19(24-26(13)17-8-4-15(21)5-9-17)20(27)22-12-14-2-10-18(11-3-14)30(28,29)25-16-6-7-16/h2-5,8-11,16,25H,6-7,12H2,1H3,(H,22,27). The van der Waals surface area contributed by atoms with Gasteiger partial charge < -0.3 is 5.32 Å². The summed E-state index contributed by atoms with van der Waals surface area (Å²) < 4.78 is 28.6. The van der Waals surface area contributed by atoms with Gasteiger partial charge >= 0.3 is 0 Å². The molecule has 3 aromatic rings. The Hall–Kier alpha value is -2.75. The van der Waals surface area contributed by atoms with E-state index in [0.717, 1.165) is 24.1 Å². The molecule has 0 saturated heterocycles. The number of rotatable bonds is 7. The molecule has 1 aliphatic rings. The minimum atomic E-state index is -3.49. The average Bonchev–Trinajstić information content (AvgIpc) is 3.44. The first-order chi connectivity index (χ1) is 14.3. The fourth-order valence-electron chi connectivity index (χ4n) is 2.85. The third-order valence-electron chi connectivity index (χ3n) is 4.63. The Morgan fingerprint density at radius 2 is 1.80 bits per heavy atom. The number of halogens is 1. The van der Waals surface area contributed by atoms with Crippen molar-refractivity contribution in [2.24, 2.45) is 0 Å². The summed E-state index contributed by atoms with van der Waals surface area (Å²) in [6, 6.07) is 13.5. The van der Waals surface area contributed by atoms with Crippen molar-refractivity contribution in [3.8, 4) is 5.69 Å². The molecule has 0 bridgehead atoms. The maximum atomic E-state index is 12.4. The van der Waals surface area contributed by atoms with Gasteiger partial charge in [-0.05, 0) is 61.7 Å². The minimum Gasteiger partial charge on any atom is -0.345 e. The molecule has 2 N–H and O–H groups in total. The molecule has 1 fully saturated rings. The number of aryl methyl sites for hydroxylation is 1. The molecule has 0 radical (unpaired) electrons. The summed E-state index contributed by atoms with van der Waals surface area (Å²) >= 11 is 5.91. The molecule has 1 saturated carbocycles. The van der Waals surface area contributed by atoms with E-state index in [2.05, 4.69) is 20.1 Å². The van der Waals surface area contributed by atoms with E-state index in [1.54, 1.807) is 48.0 Å². The highest BCUT2D eigenvalue weighted by molar-refractivity contribution is 7.89. The van der Waals surface area contributed by atoms with Crippen LogP contribution in [0.15, 0.2) is 53.4 Å². The van der Waals surface area contributed by atoms with E-state index in [1.165, 1.54) is 12.1 Å². The monoisotopic (exact) mass is 445 g/mol. The van der Waals surface area contributed by atoms with Gasteiger partial charge in [0, 0.05) is 17.6 Å². The first-order valence-corrected chi connectivity index (χ1v) is 11.3. The smallest absolute Gasteiger partial charge is 0.291 e. The molecule has 156 valence electrons. The van der Waals surface area contributed by atoms with Gasteiger partial charge in [0.25, 0.3) is 5.91 Å². The molecule has 1 amide bonds. The average molecular weight is 446 g/mol. The van der Waals surface area contributed by atoms with Gasteiger partial charge in [-0.3, -0.25) is 4.79 Å². The number of sulfonamides is 1. The van der Waals surface area contributed by atoms with Gasteiger partial charge in [-0.1, -0.05) is 23.7 Å². The lowest BCUT2D eigenvalue weighted by Gasteiger charge is -2.07.